The third kappa shape index (κ3) is 5.39. The van der Waals surface area contributed by atoms with Crippen LogP contribution in [-0.2, 0) is 0 Å². The molecule has 0 aliphatic carbocycles. The van der Waals surface area contributed by atoms with E-state index in [1.54, 1.807) is 24.3 Å². The van der Waals surface area contributed by atoms with Crippen LogP contribution in [0.1, 0.15) is 10.4 Å². The molecule has 0 aromatic heterocycles. The second kappa shape index (κ2) is 8.44. The minimum Gasteiger partial charge on any atom is -0.497 e. The van der Waals surface area contributed by atoms with E-state index in [0.29, 0.717) is 11.4 Å². The molecule has 26 heavy (non-hydrogen) atoms. The number of anilines is 1. The molecule has 0 fully saturated rings. The lowest BCUT2D eigenvalue weighted by Gasteiger charge is -2.27. The fraction of sp³-hybridized carbons (Fsp3) is 0.188. The molecule has 0 radical (unpaired) electrons. The van der Waals surface area contributed by atoms with Crippen LogP contribution in [0.25, 0.3) is 0 Å². The Labute approximate surface area is 164 Å². The highest BCUT2D eigenvalue weighted by Gasteiger charge is 2.34. The maximum Gasteiger partial charge on any atom is 0.270 e. The van der Waals surface area contributed by atoms with Gasteiger partial charge in [-0.2, -0.15) is 0 Å². The zero-order valence-electron chi connectivity index (χ0n) is 13.4. The van der Waals surface area contributed by atoms with E-state index in [-0.39, 0.29) is 11.3 Å². The van der Waals surface area contributed by atoms with Crippen molar-refractivity contribution < 1.29 is 14.5 Å². The summed E-state index contributed by atoms with van der Waals surface area (Å²) in [5.74, 6) is 0.00708. The number of hydrogen-bond donors (Lipinski definition) is 2. The van der Waals surface area contributed by atoms with Crippen molar-refractivity contribution in [3.05, 3.63) is 64.2 Å². The van der Waals surface area contributed by atoms with Gasteiger partial charge in [-0.25, -0.2) is 0 Å². The maximum atomic E-state index is 12.4. The molecule has 2 rings (SSSR count). The van der Waals surface area contributed by atoms with E-state index in [1.807, 2.05) is 0 Å². The highest BCUT2D eigenvalue weighted by Crippen LogP contribution is 2.31. The van der Waals surface area contributed by atoms with Crippen LogP contribution < -0.4 is 15.4 Å². The molecule has 10 heteroatoms. The van der Waals surface area contributed by atoms with Crippen LogP contribution >= 0.6 is 34.8 Å². The van der Waals surface area contributed by atoms with Gasteiger partial charge in [0, 0.05) is 23.4 Å². The van der Waals surface area contributed by atoms with E-state index in [4.69, 9.17) is 39.5 Å². The number of halogens is 3. The average Bonchev–Trinajstić information content (AvgIpc) is 2.61. The maximum absolute atomic E-state index is 12.4. The van der Waals surface area contributed by atoms with Gasteiger partial charge >= 0.3 is 0 Å². The van der Waals surface area contributed by atoms with Crippen LogP contribution in [0.3, 0.4) is 0 Å². The quantitative estimate of drug-likeness (QED) is 0.318. The standard InChI is InChI=1S/C16H14Cl3N3O4/c1-26-13-7-5-11(6-8-13)20-15(16(17,18)19)21-14(23)10-3-2-4-12(9-10)22(24)25/h2-9,15,20H,1H3,(H,21,23)/t15-/m0/s1. The Bertz CT molecular complexity index is 794. The van der Waals surface area contributed by atoms with Crippen LogP contribution in [-0.4, -0.2) is 27.9 Å². The number of hydrogen-bond acceptors (Lipinski definition) is 5. The number of alkyl halides is 3. The number of carbonyl (C=O) groups is 1. The molecule has 0 saturated carbocycles. The molecule has 0 unspecified atom stereocenters. The van der Waals surface area contributed by atoms with Crippen LogP contribution in [0.15, 0.2) is 48.5 Å². The number of amides is 1. The van der Waals surface area contributed by atoms with Crippen molar-refractivity contribution in [2.45, 2.75) is 9.96 Å². The number of methoxy groups -OCH3 is 1. The molecule has 1 atom stereocenters. The van der Waals surface area contributed by atoms with Crippen LogP contribution in [0.5, 0.6) is 5.75 Å². The lowest BCUT2D eigenvalue weighted by Crippen LogP contribution is -2.49. The first-order chi connectivity index (χ1) is 12.2. The highest BCUT2D eigenvalue weighted by atomic mass is 35.6. The second-order valence-electron chi connectivity index (χ2n) is 5.13. The SMILES string of the molecule is COc1ccc(N[C@@H](NC(=O)c2cccc([N+](=O)[O-])c2)C(Cl)(Cl)Cl)cc1. The monoisotopic (exact) mass is 417 g/mol. The number of non-ortho nitro benzene ring substituents is 1. The van der Waals surface area contributed by atoms with Gasteiger partial charge in [-0.3, -0.25) is 14.9 Å². The predicted molar refractivity (Wildman–Crippen MR) is 101 cm³/mol. The number of nitrogens with one attached hydrogen (secondary N) is 2. The lowest BCUT2D eigenvalue weighted by molar-refractivity contribution is -0.384. The number of carbonyl (C=O) groups excluding carboxylic acids is 1. The summed E-state index contributed by atoms with van der Waals surface area (Å²) in [6.45, 7) is 0. The van der Waals surface area contributed by atoms with Crippen molar-refractivity contribution in [3.63, 3.8) is 0 Å². The molecule has 2 aromatic rings. The Morgan fingerprint density at radius 2 is 1.85 bits per heavy atom. The Morgan fingerprint density at radius 1 is 1.19 bits per heavy atom. The van der Waals surface area contributed by atoms with Gasteiger partial charge < -0.3 is 15.4 Å². The van der Waals surface area contributed by atoms with Crippen molar-refractivity contribution in [3.8, 4) is 5.75 Å². The van der Waals surface area contributed by atoms with Crippen molar-refractivity contribution in [2.24, 2.45) is 0 Å². The Morgan fingerprint density at radius 3 is 2.38 bits per heavy atom. The smallest absolute Gasteiger partial charge is 0.270 e. The highest BCUT2D eigenvalue weighted by molar-refractivity contribution is 6.68. The van der Waals surface area contributed by atoms with E-state index in [0.717, 1.165) is 6.07 Å². The van der Waals surface area contributed by atoms with Gasteiger partial charge in [0.05, 0.1) is 12.0 Å². The third-order valence-corrected chi connectivity index (χ3v) is 3.98. The summed E-state index contributed by atoms with van der Waals surface area (Å²) in [5.41, 5.74) is 0.419. The average molecular weight is 419 g/mol. The third-order valence-electron chi connectivity index (χ3n) is 3.32. The minimum absolute atomic E-state index is 0.0648. The first-order valence-corrected chi connectivity index (χ1v) is 8.36. The summed E-state index contributed by atoms with van der Waals surface area (Å²) in [7, 11) is 1.53. The molecule has 1 amide bonds. The fourth-order valence-electron chi connectivity index (χ4n) is 2.03. The van der Waals surface area contributed by atoms with Crippen molar-refractivity contribution in [1.82, 2.24) is 5.32 Å². The molecule has 0 aliphatic heterocycles. The van der Waals surface area contributed by atoms with Crippen molar-refractivity contribution in [2.75, 3.05) is 12.4 Å². The van der Waals surface area contributed by atoms with Gasteiger partial charge in [-0.1, -0.05) is 40.9 Å². The van der Waals surface area contributed by atoms with Gasteiger partial charge in [0.2, 0.25) is 3.79 Å². The fourth-order valence-corrected chi connectivity index (χ4v) is 2.36. The Balaban J connectivity index is 2.18. The molecular formula is C16H14Cl3N3O4. The van der Waals surface area contributed by atoms with Gasteiger partial charge in [-0.15, -0.1) is 0 Å². The molecule has 7 nitrogen and oxygen atoms in total. The molecule has 0 spiro atoms. The van der Waals surface area contributed by atoms with Gasteiger partial charge in [0.15, 0.2) is 0 Å². The van der Waals surface area contributed by atoms with E-state index in [2.05, 4.69) is 10.6 Å². The Hall–Kier alpha value is -2.22. The van der Waals surface area contributed by atoms with Gasteiger partial charge in [-0.05, 0) is 30.3 Å². The molecule has 138 valence electrons. The van der Waals surface area contributed by atoms with Crippen LogP contribution in [0.2, 0.25) is 0 Å². The van der Waals surface area contributed by atoms with E-state index < -0.39 is 20.8 Å². The van der Waals surface area contributed by atoms with Crippen molar-refractivity contribution >= 4 is 52.1 Å². The molecule has 2 aromatic carbocycles. The van der Waals surface area contributed by atoms with Crippen LogP contribution in [0.4, 0.5) is 11.4 Å². The number of ether oxygens (including phenoxy) is 1. The molecule has 2 N–H and O–H groups in total. The Kier molecular flexibility index (Phi) is 6.52. The second-order valence-corrected chi connectivity index (χ2v) is 7.50. The molecule has 0 bridgehead atoms. The van der Waals surface area contributed by atoms with Crippen LogP contribution in [0, 0.1) is 10.1 Å². The molecule has 0 heterocycles. The number of nitro benzene ring substituents is 1. The summed E-state index contributed by atoms with van der Waals surface area (Å²) >= 11 is 17.8. The van der Waals surface area contributed by atoms with Crippen molar-refractivity contribution in [1.29, 1.82) is 0 Å². The number of rotatable bonds is 6. The van der Waals surface area contributed by atoms with Gasteiger partial charge in [0.1, 0.15) is 11.9 Å². The lowest BCUT2D eigenvalue weighted by atomic mass is 10.2. The number of nitro groups is 1. The zero-order chi connectivity index (χ0) is 19.3. The zero-order valence-corrected chi connectivity index (χ0v) is 15.7. The number of nitrogens with zero attached hydrogens (tertiary/aromatic N) is 1. The normalized spacial score (nSPS) is 12.2. The van der Waals surface area contributed by atoms with E-state index >= 15 is 0 Å². The number of benzene rings is 2. The molecule has 0 saturated heterocycles. The first kappa shape index (κ1) is 20.1. The summed E-state index contributed by atoms with van der Waals surface area (Å²) < 4.78 is 3.18. The van der Waals surface area contributed by atoms with Gasteiger partial charge in [0.25, 0.3) is 11.6 Å². The topological polar surface area (TPSA) is 93.5 Å². The minimum atomic E-state index is -1.88. The predicted octanol–water partition coefficient (Wildman–Crippen LogP) is 4.14. The van der Waals surface area contributed by atoms with E-state index in [1.165, 1.54) is 25.3 Å². The molecular weight excluding hydrogens is 405 g/mol. The largest absolute Gasteiger partial charge is 0.497 e. The summed E-state index contributed by atoms with van der Waals surface area (Å²) in [6.07, 6.45) is -1.09. The molecule has 0 aliphatic rings. The summed E-state index contributed by atoms with van der Waals surface area (Å²) in [4.78, 5) is 22.6. The summed E-state index contributed by atoms with van der Waals surface area (Å²) in [5, 5.41) is 16.2. The first-order valence-electron chi connectivity index (χ1n) is 7.23. The summed E-state index contributed by atoms with van der Waals surface area (Å²) in [6, 6.07) is 12.0. The van der Waals surface area contributed by atoms with E-state index in [9.17, 15) is 14.9 Å².